The van der Waals surface area contributed by atoms with Gasteiger partial charge in [0.15, 0.2) is 5.76 Å². The SMILES string of the molecule is CCN(CC)CCCN1C(=O)C(O)=C(C(=O)c2sc(C)nc2C)[C@@H]1c1cccs1. The van der Waals surface area contributed by atoms with E-state index in [1.165, 1.54) is 22.7 Å². The van der Waals surface area contributed by atoms with Crippen LogP contribution in [0.1, 0.15) is 51.6 Å². The van der Waals surface area contributed by atoms with Crippen LogP contribution in [0.15, 0.2) is 28.8 Å². The quantitative estimate of drug-likeness (QED) is 0.602. The molecule has 29 heavy (non-hydrogen) atoms. The van der Waals surface area contributed by atoms with Crippen molar-refractivity contribution in [3.63, 3.8) is 0 Å². The first kappa shape index (κ1) is 21.7. The third-order valence-corrected chi connectivity index (χ3v) is 7.23. The Morgan fingerprint density at radius 3 is 2.59 bits per heavy atom. The lowest BCUT2D eigenvalue weighted by atomic mass is 10.00. The summed E-state index contributed by atoms with van der Waals surface area (Å²) in [5.41, 5.74) is 0.808. The van der Waals surface area contributed by atoms with Gasteiger partial charge in [0.1, 0.15) is 0 Å². The minimum atomic E-state index is -0.548. The molecule has 0 saturated heterocycles. The highest BCUT2D eigenvalue weighted by Gasteiger charge is 2.44. The normalized spacial score (nSPS) is 17.1. The molecule has 1 atom stereocenters. The zero-order chi connectivity index (χ0) is 21.1. The molecule has 0 bridgehead atoms. The fourth-order valence-electron chi connectivity index (χ4n) is 3.73. The van der Waals surface area contributed by atoms with E-state index in [1.807, 2.05) is 24.4 Å². The van der Waals surface area contributed by atoms with Crippen molar-refractivity contribution >= 4 is 34.4 Å². The van der Waals surface area contributed by atoms with Crippen LogP contribution in [-0.2, 0) is 4.79 Å². The minimum absolute atomic E-state index is 0.173. The third-order valence-electron chi connectivity index (χ3n) is 5.24. The summed E-state index contributed by atoms with van der Waals surface area (Å²) in [6.45, 7) is 11.1. The monoisotopic (exact) mass is 433 g/mol. The molecule has 6 nitrogen and oxygen atoms in total. The van der Waals surface area contributed by atoms with Crippen LogP contribution in [0.5, 0.6) is 0 Å². The molecule has 0 unspecified atom stereocenters. The highest BCUT2D eigenvalue weighted by molar-refractivity contribution is 7.14. The van der Waals surface area contributed by atoms with Crippen molar-refractivity contribution in [2.45, 2.75) is 40.2 Å². The average molecular weight is 434 g/mol. The number of amides is 1. The zero-order valence-corrected chi connectivity index (χ0v) is 18.9. The Hall–Kier alpha value is -2.03. The molecule has 3 rings (SSSR count). The number of aliphatic hydroxyl groups is 1. The molecule has 0 saturated carbocycles. The maximum atomic E-state index is 13.3. The highest BCUT2D eigenvalue weighted by Crippen LogP contribution is 2.41. The van der Waals surface area contributed by atoms with Crippen molar-refractivity contribution in [2.75, 3.05) is 26.2 Å². The van der Waals surface area contributed by atoms with E-state index in [9.17, 15) is 14.7 Å². The van der Waals surface area contributed by atoms with Gasteiger partial charge in [-0.3, -0.25) is 9.59 Å². The predicted molar refractivity (Wildman–Crippen MR) is 117 cm³/mol. The van der Waals surface area contributed by atoms with Crippen molar-refractivity contribution in [3.05, 3.63) is 49.3 Å². The van der Waals surface area contributed by atoms with E-state index >= 15 is 0 Å². The number of rotatable bonds is 9. The number of thiophene rings is 1. The number of hydrogen-bond acceptors (Lipinski definition) is 7. The molecule has 1 N–H and O–H groups in total. The van der Waals surface area contributed by atoms with Crippen LogP contribution in [0.2, 0.25) is 0 Å². The Bertz CT molecular complexity index is 914. The van der Waals surface area contributed by atoms with Crippen molar-refractivity contribution in [1.29, 1.82) is 0 Å². The summed E-state index contributed by atoms with van der Waals surface area (Å²) in [6, 6.07) is 3.27. The fourth-order valence-corrected chi connectivity index (χ4v) is 5.45. The van der Waals surface area contributed by atoms with E-state index in [0.29, 0.717) is 17.1 Å². The van der Waals surface area contributed by atoms with Crippen LogP contribution in [0.3, 0.4) is 0 Å². The lowest BCUT2D eigenvalue weighted by Crippen LogP contribution is -2.34. The van der Waals surface area contributed by atoms with Gasteiger partial charge in [-0.05, 0) is 51.3 Å². The van der Waals surface area contributed by atoms with Crippen LogP contribution >= 0.6 is 22.7 Å². The standard InChI is InChI=1S/C21H27N3O3S2/c1-5-23(6-2)10-8-11-24-17(15-9-7-12-28-15)16(19(26)21(24)27)18(25)20-13(3)22-14(4)29-20/h7,9,12,17,26H,5-6,8,10-11H2,1-4H3/t17-/m0/s1. The summed E-state index contributed by atoms with van der Waals surface area (Å²) in [5.74, 6) is -1.20. The maximum absolute atomic E-state index is 13.3. The van der Waals surface area contributed by atoms with Crippen molar-refractivity contribution < 1.29 is 14.7 Å². The summed E-state index contributed by atoms with van der Waals surface area (Å²) in [5, 5.41) is 13.4. The van der Waals surface area contributed by atoms with Gasteiger partial charge >= 0.3 is 0 Å². The second-order valence-electron chi connectivity index (χ2n) is 7.04. The molecular weight excluding hydrogens is 406 g/mol. The van der Waals surface area contributed by atoms with E-state index in [4.69, 9.17) is 0 Å². The first-order chi connectivity index (χ1) is 13.9. The van der Waals surface area contributed by atoms with E-state index in [2.05, 4.69) is 23.7 Å². The molecule has 0 aliphatic carbocycles. The van der Waals surface area contributed by atoms with E-state index in [1.54, 1.807) is 11.8 Å². The summed E-state index contributed by atoms with van der Waals surface area (Å²) >= 11 is 2.79. The van der Waals surface area contributed by atoms with Crippen LogP contribution < -0.4 is 0 Å². The van der Waals surface area contributed by atoms with E-state index in [0.717, 1.165) is 35.9 Å². The van der Waals surface area contributed by atoms with Crippen LogP contribution in [0.4, 0.5) is 0 Å². The zero-order valence-electron chi connectivity index (χ0n) is 17.3. The Balaban J connectivity index is 1.91. The lowest BCUT2D eigenvalue weighted by Gasteiger charge is -2.27. The number of Topliss-reactive ketones (excluding diaryl/α,β-unsaturated/α-hetero) is 1. The summed E-state index contributed by atoms with van der Waals surface area (Å²) in [4.78, 5) is 35.9. The smallest absolute Gasteiger partial charge is 0.290 e. The number of carbonyl (C=O) groups excluding carboxylic acids is 2. The van der Waals surface area contributed by atoms with Crippen molar-refractivity contribution in [3.8, 4) is 0 Å². The topological polar surface area (TPSA) is 73.7 Å². The summed E-state index contributed by atoms with van der Waals surface area (Å²) < 4.78 is 0. The molecule has 0 spiro atoms. The minimum Gasteiger partial charge on any atom is -0.503 e. The molecule has 2 aromatic rings. The van der Waals surface area contributed by atoms with Gasteiger partial charge in [-0.25, -0.2) is 4.98 Å². The summed E-state index contributed by atoms with van der Waals surface area (Å²) in [6.07, 6.45) is 0.780. The molecule has 0 fully saturated rings. The highest BCUT2D eigenvalue weighted by atomic mass is 32.1. The first-order valence-electron chi connectivity index (χ1n) is 9.87. The molecule has 1 amide bonds. The fraction of sp³-hybridized carbons (Fsp3) is 0.476. The molecule has 0 aromatic carbocycles. The molecule has 8 heteroatoms. The molecule has 0 radical (unpaired) electrons. The number of aryl methyl sites for hydroxylation is 2. The maximum Gasteiger partial charge on any atom is 0.290 e. The van der Waals surface area contributed by atoms with Crippen LogP contribution in [-0.4, -0.2) is 57.8 Å². The van der Waals surface area contributed by atoms with Crippen LogP contribution in [0.25, 0.3) is 0 Å². The predicted octanol–water partition coefficient (Wildman–Crippen LogP) is 4.13. The van der Waals surface area contributed by atoms with Crippen LogP contribution in [0, 0.1) is 13.8 Å². The van der Waals surface area contributed by atoms with Gasteiger partial charge in [-0.1, -0.05) is 19.9 Å². The number of carbonyl (C=O) groups is 2. The summed E-state index contributed by atoms with van der Waals surface area (Å²) in [7, 11) is 0. The molecule has 156 valence electrons. The molecule has 1 aliphatic rings. The van der Waals surface area contributed by atoms with Crippen molar-refractivity contribution in [1.82, 2.24) is 14.8 Å². The second-order valence-corrected chi connectivity index (χ2v) is 9.22. The molecular formula is C21H27N3O3S2. The Morgan fingerprint density at radius 1 is 1.31 bits per heavy atom. The number of aliphatic hydroxyl groups excluding tert-OH is 1. The number of nitrogens with zero attached hydrogens (tertiary/aromatic N) is 3. The lowest BCUT2D eigenvalue weighted by molar-refractivity contribution is -0.129. The third kappa shape index (κ3) is 4.29. The van der Waals surface area contributed by atoms with E-state index in [-0.39, 0.29) is 11.4 Å². The largest absolute Gasteiger partial charge is 0.503 e. The van der Waals surface area contributed by atoms with Gasteiger partial charge in [0.25, 0.3) is 5.91 Å². The average Bonchev–Trinajstić information content (AvgIpc) is 3.39. The van der Waals surface area contributed by atoms with Gasteiger partial charge < -0.3 is 14.9 Å². The first-order valence-corrected chi connectivity index (χ1v) is 11.6. The van der Waals surface area contributed by atoms with Crippen molar-refractivity contribution in [2.24, 2.45) is 0 Å². The van der Waals surface area contributed by atoms with E-state index < -0.39 is 17.7 Å². The number of ketones is 1. The molecule has 3 heterocycles. The Labute approximate surface area is 179 Å². The second kappa shape index (κ2) is 9.19. The number of aromatic nitrogens is 1. The number of hydrogen-bond donors (Lipinski definition) is 1. The Morgan fingerprint density at radius 2 is 2.03 bits per heavy atom. The Kier molecular flexibility index (Phi) is 6.87. The van der Waals surface area contributed by atoms with Gasteiger partial charge in [0.2, 0.25) is 5.78 Å². The van der Waals surface area contributed by atoms with Gasteiger partial charge in [0, 0.05) is 11.4 Å². The molecule has 1 aliphatic heterocycles. The molecule has 2 aromatic heterocycles. The van der Waals surface area contributed by atoms with Gasteiger partial charge in [-0.15, -0.1) is 22.7 Å². The van der Waals surface area contributed by atoms with Gasteiger partial charge in [-0.2, -0.15) is 0 Å². The number of thiazole rings is 1. The van der Waals surface area contributed by atoms with Gasteiger partial charge in [0.05, 0.1) is 27.2 Å².